The summed E-state index contributed by atoms with van der Waals surface area (Å²) in [5.41, 5.74) is 7.81. The summed E-state index contributed by atoms with van der Waals surface area (Å²) in [6, 6.07) is 10.9. The van der Waals surface area contributed by atoms with Gasteiger partial charge in [-0.3, -0.25) is 10.2 Å². The van der Waals surface area contributed by atoms with Crippen molar-refractivity contribution in [3.63, 3.8) is 0 Å². The van der Waals surface area contributed by atoms with Gasteiger partial charge in [0.1, 0.15) is 0 Å². The highest BCUT2D eigenvalue weighted by Gasteiger charge is 2.28. The Morgan fingerprint density at radius 1 is 1.18 bits per heavy atom. The second kappa shape index (κ2) is 7.22. The molecule has 5 nitrogen and oxygen atoms in total. The maximum absolute atomic E-state index is 12.2. The van der Waals surface area contributed by atoms with Crippen LogP contribution in [0.4, 0.5) is 0 Å². The number of rotatable bonds is 4. The van der Waals surface area contributed by atoms with Gasteiger partial charge in [0.15, 0.2) is 0 Å². The maximum Gasteiger partial charge on any atom is 0.223 e. The second-order valence-corrected chi connectivity index (χ2v) is 6.45. The fourth-order valence-corrected chi connectivity index (χ4v) is 3.43. The number of hydrazine groups is 1. The predicted octanol–water partition coefficient (Wildman–Crippen LogP) is 1.26. The van der Waals surface area contributed by atoms with E-state index in [0.29, 0.717) is 19.0 Å². The molecule has 0 bridgehead atoms. The number of carbonyl (C=O) groups is 1. The van der Waals surface area contributed by atoms with Crippen LogP contribution in [-0.2, 0) is 4.79 Å². The van der Waals surface area contributed by atoms with Crippen LogP contribution in [-0.4, -0.2) is 29.7 Å². The molecule has 4 N–H and O–H groups in total. The minimum atomic E-state index is -0.307. The Hall–Kier alpha value is -1.43. The lowest BCUT2D eigenvalue weighted by atomic mass is 9.86. The lowest BCUT2D eigenvalue weighted by molar-refractivity contribution is -0.127. The molecule has 0 aromatic heterocycles. The molecule has 0 radical (unpaired) electrons. The summed E-state index contributed by atoms with van der Waals surface area (Å²) >= 11 is 0. The number of amides is 1. The minimum Gasteiger partial charge on any atom is -0.393 e. The molecule has 1 aliphatic heterocycles. The topological polar surface area (TPSA) is 73.4 Å². The van der Waals surface area contributed by atoms with E-state index in [1.54, 1.807) is 0 Å². The highest BCUT2D eigenvalue weighted by molar-refractivity contribution is 5.78. The molecule has 1 saturated carbocycles. The van der Waals surface area contributed by atoms with Gasteiger partial charge in [0, 0.05) is 24.5 Å². The van der Waals surface area contributed by atoms with Crippen LogP contribution < -0.4 is 16.2 Å². The van der Waals surface area contributed by atoms with Crippen molar-refractivity contribution in [1.82, 2.24) is 16.2 Å². The molecule has 1 heterocycles. The third-order valence-corrected chi connectivity index (χ3v) is 4.72. The number of hydrogen-bond donors (Lipinski definition) is 4. The van der Waals surface area contributed by atoms with E-state index in [1.165, 1.54) is 5.56 Å². The van der Waals surface area contributed by atoms with E-state index in [-0.39, 0.29) is 24.0 Å². The molecule has 22 heavy (non-hydrogen) atoms. The summed E-state index contributed by atoms with van der Waals surface area (Å²) in [5.74, 6) is 0.0618. The number of aliphatic hydroxyl groups is 1. The fourth-order valence-electron chi connectivity index (χ4n) is 3.43. The van der Waals surface area contributed by atoms with Gasteiger partial charge in [0.2, 0.25) is 5.91 Å². The van der Waals surface area contributed by atoms with Crippen molar-refractivity contribution in [2.24, 2.45) is 5.92 Å². The Labute approximate surface area is 131 Å². The third-order valence-electron chi connectivity index (χ3n) is 4.72. The van der Waals surface area contributed by atoms with Crippen molar-refractivity contribution in [3.8, 4) is 0 Å². The summed E-state index contributed by atoms with van der Waals surface area (Å²) in [7, 11) is 0. The number of aliphatic hydroxyl groups excluding tert-OH is 1. The van der Waals surface area contributed by atoms with Crippen LogP contribution >= 0.6 is 0 Å². The standard InChI is InChI=1S/C17H25N3O2/c21-15-8-4-7-13(9-15)17(22)18-11-14-10-16(20-19-14)12-5-2-1-3-6-12/h1-3,5-6,13-16,19-21H,4,7-11H2,(H,18,22)/t13-,14?,15-,16?/m0/s1. The first-order valence-electron chi connectivity index (χ1n) is 8.24. The zero-order valence-corrected chi connectivity index (χ0v) is 12.8. The Balaban J connectivity index is 1.44. The second-order valence-electron chi connectivity index (χ2n) is 6.45. The maximum atomic E-state index is 12.2. The zero-order chi connectivity index (χ0) is 15.4. The monoisotopic (exact) mass is 303 g/mol. The van der Waals surface area contributed by atoms with E-state index >= 15 is 0 Å². The van der Waals surface area contributed by atoms with E-state index in [0.717, 1.165) is 25.7 Å². The smallest absolute Gasteiger partial charge is 0.223 e. The lowest BCUT2D eigenvalue weighted by Gasteiger charge is -2.25. The van der Waals surface area contributed by atoms with Crippen LogP contribution in [0.1, 0.15) is 43.7 Å². The Kier molecular flexibility index (Phi) is 5.08. The molecule has 2 aliphatic rings. The van der Waals surface area contributed by atoms with E-state index in [4.69, 9.17) is 0 Å². The highest BCUT2D eigenvalue weighted by Crippen LogP contribution is 2.25. The van der Waals surface area contributed by atoms with Crippen LogP contribution in [0.2, 0.25) is 0 Å². The summed E-state index contributed by atoms with van der Waals surface area (Å²) in [5, 5.41) is 12.7. The average Bonchev–Trinajstić information content (AvgIpc) is 3.02. The number of benzene rings is 1. The number of carbonyl (C=O) groups excluding carboxylic acids is 1. The highest BCUT2D eigenvalue weighted by atomic mass is 16.3. The molecule has 1 saturated heterocycles. The van der Waals surface area contributed by atoms with Crippen molar-refractivity contribution in [1.29, 1.82) is 0 Å². The molecule has 0 spiro atoms. The first-order valence-corrected chi connectivity index (χ1v) is 8.24. The van der Waals surface area contributed by atoms with Gasteiger partial charge in [-0.2, -0.15) is 0 Å². The van der Waals surface area contributed by atoms with Gasteiger partial charge in [-0.05, 0) is 31.2 Å². The van der Waals surface area contributed by atoms with Gasteiger partial charge >= 0.3 is 0 Å². The predicted molar refractivity (Wildman–Crippen MR) is 84.8 cm³/mol. The van der Waals surface area contributed by atoms with Gasteiger partial charge in [-0.1, -0.05) is 36.8 Å². The molecule has 1 aromatic rings. The van der Waals surface area contributed by atoms with E-state index in [2.05, 4.69) is 28.3 Å². The lowest BCUT2D eigenvalue weighted by Crippen LogP contribution is -2.43. The fraction of sp³-hybridized carbons (Fsp3) is 0.588. The number of nitrogens with one attached hydrogen (secondary N) is 3. The summed E-state index contributed by atoms with van der Waals surface area (Å²) in [6.07, 6.45) is 3.92. The van der Waals surface area contributed by atoms with Crippen molar-refractivity contribution >= 4 is 5.91 Å². The normalized spacial score (nSPS) is 31.9. The van der Waals surface area contributed by atoms with E-state index in [9.17, 15) is 9.90 Å². The van der Waals surface area contributed by atoms with Crippen LogP contribution in [0.25, 0.3) is 0 Å². The Bertz CT molecular complexity index is 494. The molecular weight excluding hydrogens is 278 g/mol. The van der Waals surface area contributed by atoms with Crippen LogP contribution in [0.15, 0.2) is 30.3 Å². The Morgan fingerprint density at radius 3 is 2.77 bits per heavy atom. The molecule has 3 rings (SSSR count). The van der Waals surface area contributed by atoms with Crippen molar-refractivity contribution in [3.05, 3.63) is 35.9 Å². The van der Waals surface area contributed by atoms with Crippen molar-refractivity contribution < 1.29 is 9.90 Å². The van der Waals surface area contributed by atoms with Crippen LogP contribution in [0.5, 0.6) is 0 Å². The SMILES string of the molecule is O=C(NCC1CC(c2ccccc2)NN1)[C@H]1CCC[C@H](O)C1. The average molecular weight is 303 g/mol. The molecule has 1 aromatic carbocycles. The van der Waals surface area contributed by atoms with Crippen LogP contribution in [0, 0.1) is 5.92 Å². The minimum absolute atomic E-state index is 0.0250. The van der Waals surface area contributed by atoms with Gasteiger partial charge in [0.25, 0.3) is 0 Å². The molecule has 1 aliphatic carbocycles. The zero-order valence-electron chi connectivity index (χ0n) is 12.8. The van der Waals surface area contributed by atoms with Crippen molar-refractivity contribution in [2.75, 3.05) is 6.54 Å². The molecular formula is C17H25N3O2. The summed E-state index contributed by atoms with van der Waals surface area (Å²) in [6.45, 7) is 0.627. The van der Waals surface area contributed by atoms with E-state index < -0.39 is 0 Å². The quantitative estimate of drug-likeness (QED) is 0.676. The number of hydrogen-bond acceptors (Lipinski definition) is 4. The van der Waals surface area contributed by atoms with Gasteiger partial charge in [-0.25, -0.2) is 5.43 Å². The molecule has 2 unspecified atom stereocenters. The Morgan fingerprint density at radius 2 is 2.00 bits per heavy atom. The van der Waals surface area contributed by atoms with Crippen LogP contribution in [0.3, 0.4) is 0 Å². The summed E-state index contributed by atoms with van der Waals surface area (Å²) in [4.78, 5) is 12.2. The third kappa shape index (κ3) is 3.85. The molecule has 2 fully saturated rings. The van der Waals surface area contributed by atoms with Gasteiger partial charge in [-0.15, -0.1) is 0 Å². The molecule has 5 heteroatoms. The van der Waals surface area contributed by atoms with E-state index in [1.807, 2.05) is 18.2 Å². The molecule has 1 amide bonds. The largest absolute Gasteiger partial charge is 0.393 e. The first kappa shape index (κ1) is 15.5. The summed E-state index contributed by atoms with van der Waals surface area (Å²) < 4.78 is 0. The first-order chi connectivity index (χ1) is 10.7. The van der Waals surface area contributed by atoms with Gasteiger partial charge in [0.05, 0.1) is 6.10 Å². The molecule has 4 atom stereocenters. The van der Waals surface area contributed by atoms with Gasteiger partial charge < -0.3 is 10.4 Å². The van der Waals surface area contributed by atoms with Crippen molar-refractivity contribution in [2.45, 2.75) is 50.3 Å². The molecule has 120 valence electrons.